The molecule has 1 aliphatic rings. The summed E-state index contributed by atoms with van der Waals surface area (Å²) in [5.74, 6) is -0.00369. The summed E-state index contributed by atoms with van der Waals surface area (Å²) >= 11 is 3.44. The SMILES string of the molecule is Cc1nn(C)c(C)c1C1CCCN1C(=O)c1cc(-c2ccc(Br)cc2)n[nH]1. The molecule has 0 aliphatic carbocycles. The topological polar surface area (TPSA) is 66.8 Å². The molecule has 27 heavy (non-hydrogen) atoms. The first-order valence-electron chi connectivity index (χ1n) is 9.08. The van der Waals surface area contributed by atoms with Gasteiger partial charge in [0.05, 0.1) is 17.4 Å². The average Bonchev–Trinajstić information content (AvgIpc) is 3.36. The number of nitrogens with zero attached hydrogens (tertiary/aromatic N) is 4. The summed E-state index contributed by atoms with van der Waals surface area (Å²) in [6, 6.07) is 9.81. The van der Waals surface area contributed by atoms with Crippen LogP contribution in [-0.4, -0.2) is 37.3 Å². The van der Waals surface area contributed by atoms with E-state index in [0.29, 0.717) is 5.69 Å². The van der Waals surface area contributed by atoms with E-state index in [1.165, 1.54) is 5.56 Å². The zero-order valence-corrected chi connectivity index (χ0v) is 17.2. The van der Waals surface area contributed by atoms with Crippen molar-refractivity contribution in [1.82, 2.24) is 24.9 Å². The number of halogens is 1. The third kappa shape index (κ3) is 3.20. The second-order valence-electron chi connectivity index (χ2n) is 7.04. The molecule has 1 fully saturated rings. The maximum Gasteiger partial charge on any atom is 0.272 e. The predicted molar refractivity (Wildman–Crippen MR) is 107 cm³/mol. The third-order valence-electron chi connectivity index (χ3n) is 5.36. The maximum atomic E-state index is 13.2. The van der Waals surface area contributed by atoms with Gasteiger partial charge in [-0.3, -0.25) is 14.6 Å². The van der Waals surface area contributed by atoms with Crippen molar-refractivity contribution in [3.63, 3.8) is 0 Å². The van der Waals surface area contributed by atoms with Gasteiger partial charge in [-0.2, -0.15) is 10.2 Å². The van der Waals surface area contributed by atoms with Crippen molar-refractivity contribution in [2.24, 2.45) is 7.05 Å². The van der Waals surface area contributed by atoms with Gasteiger partial charge in [0.15, 0.2) is 0 Å². The number of nitrogens with one attached hydrogen (secondary N) is 1. The minimum Gasteiger partial charge on any atom is -0.330 e. The fourth-order valence-corrected chi connectivity index (χ4v) is 4.20. The van der Waals surface area contributed by atoms with Crippen molar-refractivity contribution in [2.75, 3.05) is 6.54 Å². The molecule has 0 bridgehead atoms. The van der Waals surface area contributed by atoms with Crippen molar-refractivity contribution in [3.8, 4) is 11.3 Å². The van der Waals surface area contributed by atoms with E-state index in [4.69, 9.17) is 0 Å². The minimum atomic E-state index is -0.00369. The van der Waals surface area contributed by atoms with Crippen molar-refractivity contribution < 1.29 is 4.79 Å². The Morgan fingerprint density at radius 1 is 1.26 bits per heavy atom. The van der Waals surface area contributed by atoms with Crippen LogP contribution in [0.5, 0.6) is 0 Å². The Morgan fingerprint density at radius 2 is 2.00 bits per heavy atom. The summed E-state index contributed by atoms with van der Waals surface area (Å²) in [5, 5.41) is 11.8. The van der Waals surface area contributed by atoms with Crippen LogP contribution in [0.3, 0.4) is 0 Å². The normalized spacial score (nSPS) is 16.9. The molecule has 3 heterocycles. The number of benzene rings is 1. The van der Waals surface area contributed by atoms with Crippen LogP contribution in [0.2, 0.25) is 0 Å². The van der Waals surface area contributed by atoms with Crippen LogP contribution in [0.4, 0.5) is 0 Å². The first-order valence-corrected chi connectivity index (χ1v) is 9.87. The van der Waals surface area contributed by atoms with Gasteiger partial charge in [-0.25, -0.2) is 0 Å². The van der Waals surface area contributed by atoms with Crippen molar-refractivity contribution in [2.45, 2.75) is 32.7 Å². The summed E-state index contributed by atoms with van der Waals surface area (Å²) in [5.41, 5.74) is 5.58. The number of aromatic amines is 1. The monoisotopic (exact) mass is 427 g/mol. The maximum absolute atomic E-state index is 13.2. The van der Waals surface area contributed by atoms with Crippen molar-refractivity contribution in [3.05, 3.63) is 57.4 Å². The fourth-order valence-electron chi connectivity index (χ4n) is 3.94. The van der Waals surface area contributed by atoms with Gasteiger partial charge in [0.2, 0.25) is 0 Å². The van der Waals surface area contributed by atoms with Crippen molar-refractivity contribution >= 4 is 21.8 Å². The van der Waals surface area contributed by atoms with E-state index in [1.807, 2.05) is 53.9 Å². The molecule has 0 radical (unpaired) electrons. The molecule has 1 aliphatic heterocycles. The van der Waals surface area contributed by atoms with Gasteiger partial charge in [0.25, 0.3) is 5.91 Å². The van der Waals surface area contributed by atoms with Crippen LogP contribution >= 0.6 is 15.9 Å². The number of hydrogen-bond acceptors (Lipinski definition) is 3. The quantitative estimate of drug-likeness (QED) is 0.681. The highest BCUT2D eigenvalue weighted by Gasteiger charge is 2.34. The van der Waals surface area contributed by atoms with Crippen LogP contribution in [0.25, 0.3) is 11.3 Å². The standard InChI is InChI=1S/C20H22BrN5O/c1-12-19(13(2)25(3)24-12)18-5-4-10-26(18)20(27)17-11-16(22-23-17)14-6-8-15(21)9-7-14/h6-9,11,18H,4-5,10H2,1-3H3,(H,22,23). The Hall–Kier alpha value is -2.41. The fraction of sp³-hybridized carbons (Fsp3) is 0.350. The van der Waals surface area contributed by atoms with E-state index in [0.717, 1.165) is 46.5 Å². The highest BCUT2D eigenvalue weighted by Crippen LogP contribution is 2.36. The molecule has 7 heteroatoms. The van der Waals surface area contributed by atoms with Gasteiger partial charge in [-0.05, 0) is 44.9 Å². The van der Waals surface area contributed by atoms with E-state index in [2.05, 4.69) is 38.1 Å². The zero-order chi connectivity index (χ0) is 19.1. The lowest BCUT2D eigenvalue weighted by atomic mass is 10.0. The highest BCUT2D eigenvalue weighted by atomic mass is 79.9. The molecule has 6 nitrogen and oxygen atoms in total. The number of hydrogen-bond donors (Lipinski definition) is 1. The summed E-state index contributed by atoms with van der Waals surface area (Å²) in [6.45, 7) is 4.84. The first-order chi connectivity index (χ1) is 13.0. The van der Waals surface area contributed by atoms with E-state index in [-0.39, 0.29) is 11.9 Å². The lowest BCUT2D eigenvalue weighted by molar-refractivity contribution is 0.0729. The van der Waals surface area contributed by atoms with Gasteiger partial charge in [0.1, 0.15) is 5.69 Å². The zero-order valence-electron chi connectivity index (χ0n) is 15.7. The number of likely N-dealkylation sites (tertiary alicyclic amines) is 1. The van der Waals surface area contributed by atoms with Gasteiger partial charge in [-0.15, -0.1) is 0 Å². The number of amides is 1. The minimum absolute atomic E-state index is 0.00369. The molecule has 1 atom stereocenters. The van der Waals surface area contributed by atoms with E-state index in [1.54, 1.807) is 0 Å². The van der Waals surface area contributed by atoms with Gasteiger partial charge in [0, 0.05) is 34.9 Å². The number of aromatic nitrogens is 4. The molecule has 2 aromatic heterocycles. The third-order valence-corrected chi connectivity index (χ3v) is 5.89. The largest absolute Gasteiger partial charge is 0.330 e. The molecule has 0 saturated carbocycles. The number of aryl methyl sites for hydroxylation is 2. The Morgan fingerprint density at radius 3 is 2.67 bits per heavy atom. The number of carbonyl (C=O) groups is 1. The molecule has 1 aromatic carbocycles. The summed E-state index contributed by atoms with van der Waals surface area (Å²) in [4.78, 5) is 15.1. The molecule has 140 valence electrons. The Bertz CT molecular complexity index is 988. The summed E-state index contributed by atoms with van der Waals surface area (Å²) < 4.78 is 2.91. The molecular formula is C20H22BrN5O. The number of rotatable bonds is 3. The van der Waals surface area contributed by atoms with Gasteiger partial charge in [-0.1, -0.05) is 28.1 Å². The van der Waals surface area contributed by atoms with E-state index < -0.39 is 0 Å². The van der Waals surface area contributed by atoms with Crippen LogP contribution in [0.15, 0.2) is 34.8 Å². The molecule has 0 spiro atoms. The predicted octanol–water partition coefficient (Wildman–Crippen LogP) is 4.17. The van der Waals surface area contributed by atoms with Crippen LogP contribution in [-0.2, 0) is 7.05 Å². The molecule has 4 rings (SSSR count). The highest BCUT2D eigenvalue weighted by molar-refractivity contribution is 9.10. The van der Waals surface area contributed by atoms with Crippen molar-refractivity contribution in [1.29, 1.82) is 0 Å². The first kappa shape index (κ1) is 18.0. The second-order valence-corrected chi connectivity index (χ2v) is 7.95. The average molecular weight is 428 g/mol. The lowest BCUT2D eigenvalue weighted by Crippen LogP contribution is -2.31. The Kier molecular flexibility index (Phi) is 4.63. The van der Waals surface area contributed by atoms with Crippen LogP contribution in [0, 0.1) is 13.8 Å². The molecule has 1 N–H and O–H groups in total. The Labute approximate surface area is 166 Å². The van der Waals surface area contributed by atoms with Gasteiger partial charge >= 0.3 is 0 Å². The molecule has 3 aromatic rings. The molecule has 1 amide bonds. The van der Waals surface area contributed by atoms with Crippen LogP contribution < -0.4 is 0 Å². The van der Waals surface area contributed by atoms with E-state index in [9.17, 15) is 4.79 Å². The second kappa shape index (κ2) is 6.96. The lowest BCUT2D eigenvalue weighted by Gasteiger charge is -2.24. The Balaban J connectivity index is 1.61. The molecular weight excluding hydrogens is 406 g/mol. The van der Waals surface area contributed by atoms with E-state index >= 15 is 0 Å². The number of carbonyl (C=O) groups excluding carboxylic acids is 1. The van der Waals surface area contributed by atoms with Crippen LogP contribution in [0.1, 0.15) is 46.3 Å². The molecule has 1 unspecified atom stereocenters. The summed E-state index contributed by atoms with van der Waals surface area (Å²) in [7, 11) is 1.95. The van der Waals surface area contributed by atoms with Gasteiger partial charge < -0.3 is 4.90 Å². The molecule has 1 saturated heterocycles. The summed E-state index contributed by atoms with van der Waals surface area (Å²) in [6.07, 6.45) is 1.96. The number of H-pyrrole nitrogens is 1. The smallest absolute Gasteiger partial charge is 0.272 e.